The van der Waals surface area contributed by atoms with Gasteiger partial charge in [-0.25, -0.2) is 9.97 Å². The van der Waals surface area contributed by atoms with Gasteiger partial charge in [0.25, 0.3) is 0 Å². The third-order valence-corrected chi connectivity index (χ3v) is 6.00. The van der Waals surface area contributed by atoms with E-state index in [2.05, 4.69) is 15.3 Å². The fourth-order valence-electron chi connectivity index (χ4n) is 3.53. The molecule has 0 aliphatic heterocycles. The highest BCUT2D eigenvalue weighted by molar-refractivity contribution is 7.09. The van der Waals surface area contributed by atoms with Crippen LogP contribution in [0.5, 0.6) is 5.75 Å². The first-order valence-electron chi connectivity index (χ1n) is 10.8. The molecule has 2 aromatic carbocycles. The number of fused-ring (bicyclic) bond motifs is 1. The second kappa shape index (κ2) is 10.6. The van der Waals surface area contributed by atoms with Crippen LogP contribution in [-0.4, -0.2) is 27.0 Å². The summed E-state index contributed by atoms with van der Waals surface area (Å²) in [5.74, 6) is 0.189. The molecule has 0 spiro atoms. The van der Waals surface area contributed by atoms with E-state index in [1.165, 1.54) is 6.08 Å². The number of benzene rings is 2. The number of thiazole rings is 1. The number of halogens is 2. The van der Waals surface area contributed by atoms with Crippen LogP contribution in [0, 0.1) is 6.92 Å². The molecular weight excluding hydrogens is 458 g/mol. The summed E-state index contributed by atoms with van der Waals surface area (Å²) in [6.07, 6.45) is 3.08. The second-order valence-electron chi connectivity index (χ2n) is 7.80. The van der Waals surface area contributed by atoms with E-state index in [9.17, 15) is 13.6 Å². The summed E-state index contributed by atoms with van der Waals surface area (Å²) < 4.78 is 34.0. The maximum Gasteiger partial charge on any atom is 0.320 e. The molecule has 6 nitrogen and oxygen atoms in total. The predicted octanol–water partition coefficient (Wildman–Crippen LogP) is 5.71. The van der Waals surface area contributed by atoms with Crippen LogP contribution in [0.25, 0.3) is 17.1 Å². The third kappa shape index (κ3) is 5.66. The average molecular weight is 483 g/mol. The smallest absolute Gasteiger partial charge is 0.320 e. The van der Waals surface area contributed by atoms with Crippen molar-refractivity contribution in [2.24, 2.45) is 0 Å². The van der Waals surface area contributed by atoms with Gasteiger partial charge in [0.1, 0.15) is 18.2 Å². The van der Waals surface area contributed by atoms with Crippen molar-refractivity contribution < 1.29 is 18.3 Å². The minimum Gasteiger partial charge on any atom is -0.487 e. The van der Waals surface area contributed by atoms with E-state index in [4.69, 9.17) is 4.74 Å². The van der Waals surface area contributed by atoms with Crippen molar-refractivity contribution in [3.05, 3.63) is 82.1 Å². The minimum absolute atomic E-state index is 0.176. The summed E-state index contributed by atoms with van der Waals surface area (Å²) in [5.41, 5.74) is 2.55. The fourth-order valence-corrected chi connectivity index (χ4v) is 4.13. The van der Waals surface area contributed by atoms with Crippen LogP contribution in [0.2, 0.25) is 0 Å². The van der Waals surface area contributed by atoms with E-state index < -0.39 is 12.5 Å². The van der Waals surface area contributed by atoms with Gasteiger partial charge in [0.2, 0.25) is 5.91 Å². The van der Waals surface area contributed by atoms with Crippen LogP contribution < -0.4 is 10.1 Å². The number of nitrogens with one attached hydrogen (secondary N) is 1. The summed E-state index contributed by atoms with van der Waals surface area (Å²) in [7, 11) is 0. The Hall–Kier alpha value is -3.59. The molecule has 0 saturated heterocycles. The number of carbonyl (C=O) groups excluding carboxylic acids is 1. The largest absolute Gasteiger partial charge is 0.487 e. The van der Waals surface area contributed by atoms with E-state index in [1.807, 2.05) is 36.6 Å². The molecule has 1 unspecified atom stereocenters. The molecule has 0 saturated carbocycles. The molecule has 0 bridgehead atoms. The van der Waals surface area contributed by atoms with Crippen LogP contribution in [-0.2, 0) is 11.4 Å². The summed E-state index contributed by atoms with van der Waals surface area (Å²) in [6.45, 7) is 1.54. The topological polar surface area (TPSA) is 69.0 Å². The first kappa shape index (κ1) is 23.6. The van der Waals surface area contributed by atoms with Crippen LogP contribution in [0.15, 0.2) is 60.0 Å². The van der Waals surface area contributed by atoms with Crippen molar-refractivity contribution in [2.45, 2.75) is 32.9 Å². The van der Waals surface area contributed by atoms with E-state index in [1.54, 1.807) is 48.6 Å². The zero-order valence-corrected chi connectivity index (χ0v) is 19.6. The number of nitrogens with zero attached hydrogens (tertiary/aromatic N) is 3. The molecule has 0 radical (unpaired) electrons. The lowest BCUT2D eigenvalue weighted by Crippen LogP contribution is -2.27. The van der Waals surface area contributed by atoms with Gasteiger partial charge in [-0.3, -0.25) is 9.36 Å². The molecule has 4 aromatic rings. The maximum atomic E-state index is 13.7. The number of aromatic nitrogens is 3. The number of rotatable bonds is 9. The summed E-state index contributed by atoms with van der Waals surface area (Å²) in [4.78, 5) is 21.1. The molecule has 9 heteroatoms. The van der Waals surface area contributed by atoms with Crippen LogP contribution in [0.4, 0.5) is 8.78 Å². The average Bonchev–Trinajstić information content (AvgIpc) is 3.43. The Morgan fingerprint density at radius 3 is 2.79 bits per heavy atom. The Kier molecular flexibility index (Phi) is 7.32. The molecule has 0 aliphatic carbocycles. The molecule has 0 aliphatic rings. The number of aryl methyl sites for hydroxylation is 1. The standard InChI is InChI=1S/C25H24F2N4O2S/c1-16(24-30-21-8-3-4-9-22(21)31(24)25(26)27)13-28-23(32)11-10-18-6-5-7-20(12-18)33-14-19-15-34-17(2)29-19/h3-12,15-16,25H,13-14H2,1-2H3,(H,28,32). The third-order valence-electron chi connectivity index (χ3n) is 5.18. The van der Waals surface area contributed by atoms with Gasteiger partial charge >= 0.3 is 6.55 Å². The van der Waals surface area contributed by atoms with E-state index in [-0.39, 0.29) is 18.3 Å². The fraction of sp³-hybridized carbons (Fsp3) is 0.240. The SMILES string of the molecule is Cc1nc(COc2cccc(C=CC(=O)NCC(C)c3nc4ccccc4n3C(F)F)c2)cs1. The molecule has 4 rings (SSSR count). The van der Waals surface area contributed by atoms with Crippen molar-refractivity contribution in [3.63, 3.8) is 0 Å². The summed E-state index contributed by atoms with van der Waals surface area (Å²) in [6, 6.07) is 14.1. The van der Waals surface area contributed by atoms with Crippen LogP contribution in [0.3, 0.4) is 0 Å². The Balaban J connectivity index is 1.35. The monoisotopic (exact) mass is 482 g/mol. The van der Waals surface area contributed by atoms with Gasteiger partial charge in [-0.15, -0.1) is 11.3 Å². The van der Waals surface area contributed by atoms with Crippen LogP contribution in [0.1, 0.15) is 41.5 Å². The zero-order chi connectivity index (χ0) is 24.1. The molecule has 34 heavy (non-hydrogen) atoms. The van der Waals surface area contributed by atoms with Gasteiger partial charge in [0.05, 0.1) is 21.7 Å². The Morgan fingerprint density at radius 1 is 1.21 bits per heavy atom. The number of hydrogen-bond acceptors (Lipinski definition) is 5. The zero-order valence-electron chi connectivity index (χ0n) is 18.7. The predicted molar refractivity (Wildman–Crippen MR) is 129 cm³/mol. The number of para-hydroxylation sites is 2. The normalized spacial score (nSPS) is 12.5. The summed E-state index contributed by atoms with van der Waals surface area (Å²) >= 11 is 1.57. The van der Waals surface area contributed by atoms with Gasteiger partial charge in [-0.1, -0.05) is 31.2 Å². The number of amides is 1. The van der Waals surface area contributed by atoms with E-state index in [0.717, 1.165) is 20.8 Å². The highest BCUT2D eigenvalue weighted by Crippen LogP contribution is 2.27. The van der Waals surface area contributed by atoms with E-state index >= 15 is 0 Å². The number of hydrogen-bond donors (Lipinski definition) is 1. The maximum absolute atomic E-state index is 13.7. The quantitative estimate of drug-likeness (QED) is 0.310. The molecule has 1 amide bonds. The number of imidazole rings is 1. The van der Waals surface area contributed by atoms with Crippen molar-refractivity contribution in [1.29, 1.82) is 0 Å². The van der Waals surface area contributed by atoms with Gasteiger partial charge < -0.3 is 10.1 Å². The van der Waals surface area contributed by atoms with Crippen LogP contribution >= 0.6 is 11.3 Å². The molecule has 1 atom stereocenters. The highest BCUT2D eigenvalue weighted by atomic mass is 32.1. The number of alkyl halides is 2. The lowest BCUT2D eigenvalue weighted by atomic mass is 10.1. The summed E-state index contributed by atoms with van der Waals surface area (Å²) in [5, 5.41) is 5.71. The van der Waals surface area contributed by atoms with E-state index in [0.29, 0.717) is 23.4 Å². The van der Waals surface area contributed by atoms with Crippen molar-refractivity contribution in [3.8, 4) is 5.75 Å². The van der Waals surface area contributed by atoms with Gasteiger partial charge in [0.15, 0.2) is 0 Å². The molecule has 2 heterocycles. The Morgan fingerprint density at radius 2 is 2.03 bits per heavy atom. The lowest BCUT2D eigenvalue weighted by Gasteiger charge is -2.14. The Bertz CT molecular complexity index is 1320. The molecule has 2 aromatic heterocycles. The van der Waals surface area contributed by atoms with Gasteiger partial charge in [0, 0.05) is 23.9 Å². The highest BCUT2D eigenvalue weighted by Gasteiger charge is 2.21. The Labute approximate surface area is 199 Å². The minimum atomic E-state index is -2.71. The number of ether oxygens (including phenoxy) is 1. The van der Waals surface area contributed by atoms with Crippen molar-refractivity contribution in [2.75, 3.05) is 6.54 Å². The molecule has 176 valence electrons. The first-order valence-corrected chi connectivity index (χ1v) is 11.6. The van der Waals surface area contributed by atoms with Crippen molar-refractivity contribution >= 4 is 34.4 Å². The second-order valence-corrected chi connectivity index (χ2v) is 8.87. The molecule has 1 N–H and O–H groups in total. The van der Waals surface area contributed by atoms with Crippen molar-refractivity contribution in [1.82, 2.24) is 19.9 Å². The lowest BCUT2D eigenvalue weighted by molar-refractivity contribution is -0.116. The van der Waals surface area contributed by atoms with Gasteiger partial charge in [-0.05, 0) is 42.8 Å². The number of carbonyl (C=O) groups is 1. The van der Waals surface area contributed by atoms with Gasteiger partial charge in [-0.2, -0.15) is 8.78 Å². The molecule has 0 fully saturated rings. The first-order chi connectivity index (χ1) is 16.4. The molecular formula is C25H24F2N4O2S.